The number of ketones is 1. The highest BCUT2D eigenvalue weighted by Gasteiger charge is 2.55. The van der Waals surface area contributed by atoms with Gasteiger partial charge in [0, 0.05) is 11.5 Å². The lowest BCUT2D eigenvalue weighted by Gasteiger charge is -2.51. The molecule has 0 bridgehead atoms. The molecule has 3 heteroatoms. The van der Waals surface area contributed by atoms with Gasteiger partial charge < -0.3 is 0 Å². The summed E-state index contributed by atoms with van der Waals surface area (Å²) in [6.07, 6.45) is 1.90. The van der Waals surface area contributed by atoms with Crippen molar-refractivity contribution in [1.29, 1.82) is 0 Å². The summed E-state index contributed by atoms with van der Waals surface area (Å²) in [7, 11) is -5.09. The number of hydrogen-bond acceptors (Lipinski definition) is 1. The predicted molar refractivity (Wildman–Crippen MR) is 220 cm³/mol. The van der Waals surface area contributed by atoms with Crippen molar-refractivity contribution in [3.63, 3.8) is 0 Å². The van der Waals surface area contributed by atoms with Gasteiger partial charge in [-0.25, -0.2) is 0 Å². The molecule has 5 aromatic carbocycles. The van der Waals surface area contributed by atoms with Gasteiger partial charge in [0.2, 0.25) is 0 Å². The number of hydrogen-bond donors (Lipinski definition) is 0. The minimum Gasteiger partial charge on any atom is -0.294 e. The average Bonchev–Trinajstić information content (AvgIpc) is 3.12. The molecule has 1 aliphatic carbocycles. The summed E-state index contributed by atoms with van der Waals surface area (Å²) in [6.45, 7) is 17.1. The van der Waals surface area contributed by atoms with E-state index in [9.17, 15) is 4.79 Å². The van der Waals surface area contributed by atoms with Crippen LogP contribution >= 0.6 is 0 Å². The molecule has 2 atom stereocenters. The van der Waals surface area contributed by atoms with Crippen molar-refractivity contribution in [1.82, 2.24) is 0 Å². The second-order valence-corrected chi connectivity index (χ2v) is 26.2. The zero-order valence-corrected chi connectivity index (χ0v) is 33.1. The highest BCUT2D eigenvalue weighted by Crippen LogP contribution is 2.51. The lowest BCUT2D eigenvalue weighted by atomic mass is 9.78. The number of carbonyl (C=O) groups excluding carboxylic acids is 1. The molecule has 0 fully saturated rings. The molecule has 256 valence electrons. The lowest BCUT2D eigenvalue weighted by Crippen LogP contribution is -2.67. The summed E-state index contributed by atoms with van der Waals surface area (Å²) in [4.78, 5) is 14.8. The smallest absolute Gasteiger partial charge is 0.169 e. The van der Waals surface area contributed by atoms with Gasteiger partial charge in [-0.3, -0.25) is 4.79 Å². The van der Waals surface area contributed by atoms with E-state index in [4.69, 9.17) is 0 Å². The Balaban J connectivity index is 1.63. The first-order chi connectivity index (χ1) is 23.9. The molecule has 0 saturated heterocycles. The standard InChI is InChI=1S/C47H54OSi2/c1-36-43(45(48)38-23-13-8-14-24-38)33-37(35-49(46(2,3)4,39-25-15-9-16-26-39)40-27-17-10-18-28-40)34-44(36)50(47(5,6)7,41-29-19-11-20-30-41)42-31-21-12-22-32-42/h8-32,37,43H,33-35H2,1-7H3/t37-,43+/m0/s1. The first-order valence-corrected chi connectivity index (χ1v) is 22.6. The molecule has 0 unspecified atom stereocenters. The molecular formula is C47H54OSi2. The van der Waals surface area contributed by atoms with Gasteiger partial charge >= 0.3 is 0 Å². The fourth-order valence-corrected chi connectivity index (χ4v) is 21.9. The number of Topliss-reactive ketones (excluding diaryl/α,β-unsaturated/α-hetero) is 1. The summed E-state index contributed by atoms with van der Waals surface area (Å²) in [5, 5.41) is 7.40. The van der Waals surface area contributed by atoms with Gasteiger partial charge in [0.05, 0.1) is 0 Å². The van der Waals surface area contributed by atoms with Crippen LogP contribution in [0.5, 0.6) is 0 Å². The Morgan fingerprint density at radius 1 is 0.560 bits per heavy atom. The zero-order valence-electron chi connectivity index (χ0n) is 31.1. The topological polar surface area (TPSA) is 17.1 Å². The van der Waals surface area contributed by atoms with Gasteiger partial charge in [0.1, 0.15) is 16.1 Å². The summed E-state index contributed by atoms with van der Waals surface area (Å²) < 4.78 is 0. The first kappa shape index (κ1) is 35.8. The van der Waals surface area contributed by atoms with Gasteiger partial charge in [0.15, 0.2) is 5.78 Å². The number of benzene rings is 5. The van der Waals surface area contributed by atoms with Crippen LogP contribution in [0.4, 0.5) is 0 Å². The number of rotatable bonds is 9. The molecular weight excluding hydrogens is 637 g/mol. The third kappa shape index (κ3) is 6.35. The van der Waals surface area contributed by atoms with Crippen LogP contribution in [0.15, 0.2) is 162 Å². The largest absolute Gasteiger partial charge is 0.294 e. The molecule has 0 radical (unpaired) electrons. The van der Waals surface area contributed by atoms with Crippen molar-refractivity contribution >= 4 is 42.7 Å². The van der Waals surface area contributed by atoms with E-state index in [1.54, 1.807) is 5.20 Å². The normalized spacial score (nSPS) is 17.4. The van der Waals surface area contributed by atoms with E-state index in [1.807, 2.05) is 30.3 Å². The molecule has 6 rings (SSSR count). The fraction of sp³-hybridized carbons (Fsp3) is 0.298. The number of allylic oxidation sites excluding steroid dienone is 2. The quantitative estimate of drug-likeness (QED) is 0.111. The highest BCUT2D eigenvalue weighted by atomic mass is 28.3. The fourth-order valence-electron chi connectivity index (χ4n) is 9.63. The minimum atomic E-state index is -2.68. The number of carbonyl (C=O) groups is 1. The molecule has 0 aromatic heterocycles. The van der Waals surface area contributed by atoms with Gasteiger partial charge in [-0.05, 0) is 52.2 Å². The maximum atomic E-state index is 14.8. The molecule has 1 nitrogen and oxygen atoms in total. The van der Waals surface area contributed by atoms with Crippen LogP contribution in [0, 0.1) is 11.8 Å². The highest BCUT2D eigenvalue weighted by molar-refractivity contribution is 7.09. The van der Waals surface area contributed by atoms with Crippen molar-refractivity contribution in [2.24, 2.45) is 11.8 Å². The molecule has 0 amide bonds. The van der Waals surface area contributed by atoms with Crippen LogP contribution in [-0.2, 0) is 0 Å². The molecule has 5 aromatic rings. The third-order valence-corrected chi connectivity index (χ3v) is 24.4. The second-order valence-electron chi connectivity index (χ2n) is 16.6. The first-order valence-electron chi connectivity index (χ1n) is 18.4. The van der Waals surface area contributed by atoms with Crippen LogP contribution in [-0.4, -0.2) is 21.9 Å². The van der Waals surface area contributed by atoms with Crippen LogP contribution in [0.2, 0.25) is 16.1 Å². The minimum absolute atomic E-state index is 0.0441. The Kier molecular flexibility index (Phi) is 10.2. The predicted octanol–water partition coefficient (Wildman–Crippen LogP) is 9.88. The monoisotopic (exact) mass is 690 g/mol. The summed E-state index contributed by atoms with van der Waals surface area (Å²) in [6, 6.07) is 56.6. The maximum Gasteiger partial charge on any atom is 0.169 e. The van der Waals surface area contributed by atoms with Gasteiger partial charge in [0.25, 0.3) is 0 Å². The summed E-state index contributed by atoms with van der Waals surface area (Å²) >= 11 is 0. The van der Waals surface area contributed by atoms with Gasteiger partial charge in [-0.2, -0.15) is 0 Å². The third-order valence-electron chi connectivity index (χ3n) is 11.8. The SMILES string of the molecule is CC1=C([Si](c2ccccc2)(c2ccccc2)C(C)(C)C)C[C@@H](C[Si](c2ccccc2)(c2ccccc2)C(C)(C)C)C[C@H]1C(=O)c1ccccc1. The van der Waals surface area contributed by atoms with Crippen LogP contribution in [0.1, 0.15) is 71.7 Å². The van der Waals surface area contributed by atoms with Crippen LogP contribution < -0.4 is 20.7 Å². The maximum absolute atomic E-state index is 14.8. The van der Waals surface area contributed by atoms with Crippen LogP contribution in [0.25, 0.3) is 0 Å². The Labute approximate surface area is 303 Å². The molecule has 0 saturated carbocycles. The van der Waals surface area contributed by atoms with Crippen molar-refractivity contribution in [3.8, 4) is 0 Å². The molecule has 0 aliphatic heterocycles. The van der Waals surface area contributed by atoms with E-state index < -0.39 is 16.1 Å². The van der Waals surface area contributed by atoms with Crippen LogP contribution in [0.3, 0.4) is 0 Å². The molecule has 0 N–H and O–H groups in total. The van der Waals surface area contributed by atoms with E-state index in [2.05, 4.69) is 170 Å². The lowest BCUT2D eigenvalue weighted by molar-refractivity contribution is 0.0919. The Hall–Kier alpha value is -4.06. The molecule has 0 heterocycles. The van der Waals surface area contributed by atoms with E-state index in [-0.39, 0.29) is 21.8 Å². The summed E-state index contributed by atoms with van der Waals surface area (Å²) in [5.74, 6) is 0.455. The Morgan fingerprint density at radius 3 is 1.32 bits per heavy atom. The average molecular weight is 691 g/mol. The van der Waals surface area contributed by atoms with E-state index >= 15 is 0 Å². The van der Waals surface area contributed by atoms with Crippen molar-refractivity contribution < 1.29 is 4.79 Å². The van der Waals surface area contributed by atoms with E-state index in [0.29, 0.717) is 5.92 Å². The Morgan fingerprint density at radius 2 is 0.940 bits per heavy atom. The second kappa shape index (κ2) is 14.3. The molecule has 1 aliphatic rings. The van der Waals surface area contributed by atoms with Crippen molar-refractivity contribution in [3.05, 3.63) is 168 Å². The summed E-state index contributed by atoms with van der Waals surface area (Å²) in [5.41, 5.74) is 2.14. The van der Waals surface area contributed by atoms with Crippen molar-refractivity contribution in [2.75, 3.05) is 0 Å². The molecule has 0 spiro atoms. The van der Waals surface area contributed by atoms with E-state index in [0.717, 1.165) is 24.4 Å². The Bertz CT molecular complexity index is 1820. The van der Waals surface area contributed by atoms with Gasteiger partial charge in [-0.1, -0.05) is 214 Å². The zero-order chi connectivity index (χ0) is 35.6. The molecule has 50 heavy (non-hydrogen) atoms. The van der Waals surface area contributed by atoms with E-state index in [1.165, 1.54) is 26.3 Å². The van der Waals surface area contributed by atoms with Crippen molar-refractivity contribution in [2.45, 2.75) is 77.4 Å². The van der Waals surface area contributed by atoms with Gasteiger partial charge in [-0.15, -0.1) is 0 Å².